The van der Waals surface area contributed by atoms with Gasteiger partial charge in [0.05, 0.1) is 25.5 Å². The van der Waals surface area contributed by atoms with Gasteiger partial charge < -0.3 is 19.4 Å². The van der Waals surface area contributed by atoms with Crippen molar-refractivity contribution < 1.29 is 13.9 Å². The smallest absolute Gasteiger partial charge is 0.317 e. The third-order valence-electron chi connectivity index (χ3n) is 3.87. The molecule has 1 aliphatic heterocycles. The molecule has 122 valence electrons. The number of nitrogens with one attached hydrogen (secondary N) is 1. The highest BCUT2D eigenvalue weighted by Crippen LogP contribution is 2.15. The van der Waals surface area contributed by atoms with Crippen molar-refractivity contribution in [3.63, 3.8) is 0 Å². The van der Waals surface area contributed by atoms with Crippen LogP contribution < -0.4 is 5.32 Å². The van der Waals surface area contributed by atoms with Crippen LogP contribution in [0.3, 0.4) is 0 Å². The third kappa shape index (κ3) is 4.56. The van der Waals surface area contributed by atoms with E-state index in [0.29, 0.717) is 19.7 Å². The number of rotatable bonds is 5. The van der Waals surface area contributed by atoms with E-state index in [0.717, 1.165) is 30.7 Å². The lowest BCUT2D eigenvalue weighted by Crippen LogP contribution is -2.47. The average molecular weight is 315 g/mol. The first-order valence-corrected chi connectivity index (χ1v) is 7.87. The molecule has 1 saturated heterocycles. The number of urea groups is 1. The molecule has 6 nitrogen and oxygen atoms in total. The lowest BCUT2D eigenvalue weighted by atomic mass is 10.1. The summed E-state index contributed by atoms with van der Waals surface area (Å²) in [6, 6.07) is 7.47. The van der Waals surface area contributed by atoms with Gasteiger partial charge in [0, 0.05) is 25.5 Å². The van der Waals surface area contributed by atoms with Crippen molar-refractivity contribution in [1.82, 2.24) is 15.2 Å². The average Bonchev–Trinajstić information content (AvgIpc) is 3.12. The second-order valence-electron chi connectivity index (χ2n) is 5.62. The zero-order chi connectivity index (χ0) is 15.9. The van der Waals surface area contributed by atoms with Crippen LogP contribution in [0, 0.1) is 0 Å². The normalized spacial score (nSPS) is 17.9. The fourth-order valence-electron chi connectivity index (χ4n) is 2.64. The van der Waals surface area contributed by atoms with Gasteiger partial charge in [-0.25, -0.2) is 4.79 Å². The molecule has 3 heterocycles. The minimum atomic E-state index is -0.0731. The molecule has 6 heteroatoms. The number of ether oxygens (including phenoxy) is 1. The summed E-state index contributed by atoms with van der Waals surface area (Å²) in [5.41, 5.74) is 1.05. The van der Waals surface area contributed by atoms with Gasteiger partial charge >= 0.3 is 6.03 Å². The fourth-order valence-corrected chi connectivity index (χ4v) is 2.64. The molecular weight excluding hydrogens is 294 g/mol. The van der Waals surface area contributed by atoms with Crippen molar-refractivity contribution in [2.75, 3.05) is 13.1 Å². The van der Waals surface area contributed by atoms with Crippen LogP contribution >= 0.6 is 0 Å². The van der Waals surface area contributed by atoms with Crippen molar-refractivity contribution in [3.05, 3.63) is 54.2 Å². The fraction of sp³-hybridized carbons (Fsp3) is 0.412. The number of carbonyl (C=O) groups is 1. The van der Waals surface area contributed by atoms with E-state index in [1.54, 1.807) is 23.6 Å². The molecule has 2 amide bonds. The number of likely N-dealkylation sites (tertiary alicyclic amines) is 1. The highest BCUT2D eigenvalue weighted by atomic mass is 16.5. The van der Waals surface area contributed by atoms with E-state index in [-0.39, 0.29) is 12.1 Å². The minimum Gasteiger partial charge on any atom is -0.467 e. The number of hydrogen-bond acceptors (Lipinski definition) is 4. The van der Waals surface area contributed by atoms with Gasteiger partial charge in [0.25, 0.3) is 0 Å². The minimum absolute atomic E-state index is 0.0679. The van der Waals surface area contributed by atoms with Crippen molar-refractivity contribution >= 4 is 6.03 Å². The molecule has 2 aromatic rings. The number of carbonyl (C=O) groups excluding carboxylic acids is 1. The van der Waals surface area contributed by atoms with Crippen molar-refractivity contribution in [2.45, 2.75) is 32.1 Å². The number of hydrogen-bond donors (Lipinski definition) is 1. The van der Waals surface area contributed by atoms with Crippen molar-refractivity contribution in [2.24, 2.45) is 0 Å². The van der Waals surface area contributed by atoms with E-state index >= 15 is 0 Å². The maximum absolute atomic E-state index is 12.2. The molecule has 0 saturated carbocycles. The van der Waals surface area contributed by atoms with E-state index < -0.39 is 0 Å². The SMILES string of the molecule is O=C(NCc1ccco1)N1CCC[C@@H](OCc2cccnc2)C1. The standard InChI is InChI=1S/C17H21N3O3/c21-17(19-11-15-6-3-9-22-15)20-8-2-5-16(12-20)23-13-14-4-1-7-18-10-14/h1,3-4,6-7,9-10,16H,2,5,8,11-13H2,(H,19,21)/t16-/m1/s1. The number of piperidine rings is 1. The largest absolute Gasteiger partial charge is 0.467 e. The van der Waals surface area contributed by atoms with Gasteiger partial charge in [-0.15, -0.1) is 0 Å². The maximum atomic E-state index is 12.2. The lowest BCUT2D eigenvalue weighted by Gasteiger charge is -2.32. The summed E-state index contributed by atoms with van der Waals surface area (Å²) < 4.78 is 11.1. The Labute approximate surface area is 135 Å². The summed E-state index contributed by atoms with van der Waals surface area (Å²) in [5.74, 6) is 0.750. The van der Waals surface area contributed by atoms with Crippen LogP contribution in [0.4, 0.5) is 4.79 Å². The molecule has 0 aliphatic carbocycles. The van der Waals surface area contributed by atoms with Gasteiger partial charge in [0.1, 0.15) is 5.76 Å². The van der Waals surface area contributed by atoms with E-state index in [1.165, 1.54) is 0 Å². The van der Waals surface area contributed by atoms with Gasteiger partial charge in [0.2, 0.25) is 0 Å². The van der Waals surface area contributed by atoms with E-state index in [2.05, 4.69) is 10.3 Å². The highest BCUT2D eigenvalue weighted by molar-refractivity contribution is 5.74. The number of furan rings is 1. The van der Waals surface area contributed by atoms with Crippen LogP contribution in [0.15, 0.2) is 47.3 Å². The van der Waals surface area contributed by atoms with E-state index in [1.807, 2.05) is 24.3 Å². The predicted octanol–water partition coefficient (Wildman–Crippen LogP) is 2.57. The molecule has 3 rings (SSSR count). The number of amides is 2. The monoisotopic (exact) mass is 315 g/mol. The molecule has 1 N–H and O–H groups in total. The Morgan fingerprint density at radius 2 is 2.39 bits per heavy atom. The Hall–Kier alpha value is -2.34. The molecule has 0 spiro atoms. The first-order chi connectivity index (χ1) is 11.3. The Balaban J connectivity index is 1.44. The molecule has 0 aromatic carbocycles. The zero-order valence-corrected chi connectivity index (χ0v) is 13.0. The molecule has 1 atom stereocenters. The van der Waals surface area contributed by atoms with Crippen LogP contribution in [-0.4, -0.2) is 35.1 Å². The number of nitrogens with zero attached hydrogens (tertiary/aromatic N) is 2. The lowest BCUT2D eigenvalue weighted by molar-refractivity contribution is -0.000493. The second-order valence-corrected chi connectivity index (χ2v) is 5.62. The zero-order valence-electron chi connectivity index (χ0n) is 13.0. The molecule has 23 heavy (non-hydrogen) atoms. The topological polar surface area (TPSA) is 67.6 Å². The van der Waals surface area contributed by atoms with Gasteiger partial charge in [-0.2, -0.15) is 0 Å². The van der Waals surface area contributed by atoms with Crippen molar-refractivity contribution in [3.8, 4) is 0 Å². The summed E-state index contributed by atoms with van der Waals surface area (Å²) in [4.78, 5) is 18.1. The Morgan fingerprint density at radius 1 is 1.43 bits per heavy atom. The van der Waals surface area contributed by atoms with Crippen molar-refractivity contribution in [1.29, 1.82) is 0 Å². The molecule has 0 unspecified atom stereocenters. The Kier molecular flexibility index (Phi) is 5.26. The van der Waals surface area contributed by atoms with Gasteiger partial charge in [-0.1, -0.05) is 6.07 Å². The quantitative estimate of drug-likeness (QED) is 0.921. The third-order valence-corrected chi connectivity index (χ3v) is 3.87. The number of aromatic nitrogens is 1. The Morgan fingerprint density at radius 3 is 3.17 bits per heavy atom. The predicted molar refractivity (Wildman–Crippen MR) is 84.6 cm³/mol. The summed E-state index contributed by atoms with van der Waals surface area (Å²) in [6.45, 7) is 2.31. The highest BCUT2D eigenvalue weighted by Gasteiger charge is 2.24. The molecule has 0 bridgehead atoms. The summed E-state index contributed by atoms with van der Waals surface area (Å²) in [5, 5.41) is 2.88. The van der Waals surface area contributed by atoms with Crippen LogP contribution in [0.2, 0.25) is 0 Å². The Bertz CT molecular complexity index is 601. The molecule has 1 fully saturated rings. The van der Waals surface area contributed by atoms with E-state index in [4.69, 9.17) is 9.15 Å². The van der Waals surface area contributed by atoms with Gasteiger partial charge in [0.15, 0.2) is 0 Å². The molecule has 2 aromatic heterocycles. The summed E-state index contributed by atoms with van der Waals surface area (Å²) >= 11 is 0. The van der Waals surface area contributed by atoms with Crippen LogP contribution in [0.5, 0.6) is 0 Å². The molecule has 0 radical (unpaired) electrons. The van der Waals surface area contributed by atoms with Crippen LogP contribution in [0.25, 0.3) is 0 Å². The van der Waals surface area contributed by atoms with Crippen LogP contribution in [0.1, 0.15) is 24.2 Å². The van der Waals surface area contributed by atoms with Gasteiger partial charge in [-0.05, 0) is 36.6 Å². The van der Waals surface area contributed by atoms with Crippen LogP contribution in [-0.2, 0) is 17.9 Å². The first kappa shape index (κ1) is 15.6. The summed E-state index contributed by atoms with van der Waals surface area (Å²) in [7, 11) is 0. The first-order valence-electron chi connectivity index (χ1n) is 7.87. The number of pyridine rings is 1. The molecule has 1 aliphatic rings. The summed E-state index contributed by atoms with van der Waals surface area (Å²) in [6.07, 6.45) is 7.14. The van der Waals surface area contributed by atoms with E-state index in [9.17, 15) is 4.79 Å². The van der Waals surface area contributed by atoms with Gasteiger partial charge in [-0.3, -0.25) is 4.98 Å². The second kappa shape index (κ2) is 7.78. The maximum Gasteiger partial charge on any atom is 0.317 e. The molecular formula is C17H21N3O3.